The molecular formula is C18H29N3. The Labute approximate surface area is 129 Å². The summed E-state index contributed by atoms with van der Waals surface area (Å²) in [4.78, 5) is 5.24. The fourth-order valence-electron chi connectivity index (χ4n) is 3.94. The molecule has 1 saturated heterocycles. The molecule has 0 aromatic heterocycles. The molecule has 21 heavy (non-hydrogen) atoms. The maximum absolute atomic E-state index is 6.15. The van der Waals surface area contributed by atoms with E-state index < -0.39 is 0 Å². The van der Waals surface area contributed by atoms with E-state index in [0.29, 0.717) is 6.04 Å². The third kappa shape index (κ3) is 3.24. The van der Waals surface area contributed by atoms with Gasteiger partial charge in [-0.1, -0.05) is 18.6 Å². The average molecular weight is 287 g/mol. The van der Waals surface area contributed by atoms with Gasteiger partial charge in [0.1, 0.15) is 0 Å². The molecule has 2 fully saturated rings. The molecule has 0 amide bonds. The lowest BCUT2D eigenvalue weighted by atomic mass is 9.90. The van der Waals surface area contributed by atoms with Crippen LogP contribution in [0.2, 0.25) is 0 Å². The van der Waals surface area contributed by atoms with Gasteiger partial charge in [-0.2, -0.15) is 0 Å². The van der Waals surface area contributed by atoms with Crippen LogP contribution in [-0.2, 0) is 0 Å². The lowest BCUT2D eigenvalue weighted by Crippen LogP contribution is -2.52. The Balaban J connectivity index is 1.61. The fourth-order valence-corrected chi connectivity index (χ4v) is 3.94. The first kappa shape index (κ1) is 14.9. The molecule has 3 heteroatoms. The molecule has 3 nitrogen and oxygen atoms in total. The van der Waals surface area contributed by atoms with Crippen LogP contribution in [0.5, 0.6) is 0 Å². The molecule has 2 N–H and O–H groups in total. The van der Waals surface area contributed by atoms with E-state index in [1.807, 2.05) is 0 Å². The Kier molecular flexibility index (Phi) is 4.51. The van der Waals surface area contributed by atoms with Crippen molar-refractivity contribution in [1.82, 2.24) is 4.90 Å². The number of nitrogens with zero attached hydrogens (tertiary/aromatic N) is 2. The van der Waals surface area contributed by atoms with Crippen molar-refractivity contribution in [3.05, 3.63) is 29.3 Å². The first-order chi connectivity index (χ1) is 10.1. The molecule has 1 aliphatic carbocycles. The SMILES string of the molecule is Cc1cccc(N2CCN(C3CCCC(N)C3)CC2)c1C. The summed E-state index contributed by atoms with van der Waals surface area (Å²) >= 11 is 0. The van der Waals surface area contributed by atoms with Gasteiger partial charge in [-0.3, -0.25) is 4.90 Å². The summed E-state index contributed by atoms with van der Waals surface area (Å²) in [6, 6.07) is 7.83. The molecule has 2 unspecified atom stereocenters. The molecule has 2 aliphatic rings. The molecule has 0 bridgehead atoms. The van der Waals surface area contributed by atoms with Gasteiger partial charge >= 0.3 is 0 Å². The molecular weight excluding hydrogens is 258 g/mol. The molecule has 1 heterocycles. The van der Waals surface area contributed by atoms with Crippen molar-refractivity contribution in [3.63, 3.8) is 0 Å². The highest BCUT2D eigenvalue weighted by atomic mass is 15.3. The Hall–Kier alpha value is -1.06. The highest BCUT2D eigenvalue weighted by Gasteiger charge is 2.28. The third-order valence-electron chi connectivity index (χ3n) is 5.43. The van der Waals surface area contributed by atoms with Gasteiger partial charge in [0.05, 0.1) is 0 Å². The fraction of sp³-hybridized carbons (Fsp3) is 0.667. The number of piperazine rings is 1. The molecule has 3 rings (SSSR count). The van der Waals surface area contributed by atoms with Crippen LogP contribution in [-0.4, -0.2) is 43.2 Å². The van der Waals surface area contributed by atoms with E-state index in [0.717, 1.165) is 19.1 Å². The maximum atomic E-state index is 6.15. The van der Waals surface area contributed by atoms with Crippen molar-refractivity contribution in [2.75, 3.05) is 31.1 Å². The van der Waals surface area contributed by atoms with Crippen molar-refractivity contribution in [2.24, 2.45) is 5.73 Å². The Morgan fingerprint density at radius 2 is 1.81 bits per heavy atom. The highest BCUT2D eigenvalue weighted by molar-refractivity contribution is 5.56. The zero-order valence-electron chi connectivity index (χ0n) is 13.5. The van der Waals surface area contributed by atoms with Crippen LogP contribution in [0.1, 0.15) is 36.8 Å². The summed E-state index contributed by atoms with van der Waals surface area (Å²) in [7, 11) is 0. The van der Waals surface area contributed by atoms with Crippen LogP contribution in [0.25, 0.3) is 0 Å². The largest absolute Gasteiger partial charge is 0.369 e. The van der Waals surface area contributed by atoms with E-state index in [1.165, 1.54) is 55.6 Å². The summed E-state index contributed by atoms with van der Waals surface area (Å²) < 4.78 is 0. The number of hydrogen-bond acceptors (Lipinski definition) is 3. The number of rotatable bonds is 2. The second-order valence-corrected chi connectivity index (χ2v) is 6.82. The smallest absolute Gasteiger partial charge is 0.0399 e. The summed E-state index contributed by atoms with van der Waals surface area (Å²) in [5.41, 5.74) is 10.4. The standard InChI is InChI=1S/C18H29N3/c1-14-5-3-8-18(15(14)2)21-11-9-20(10-12-21)17-7-4-6-16(19)13-17/h3,5,8,16-17H,4,6-7,9-13,19H2,1-2H3. The van der Waals surface area contributed by atoms with Crippen LogP contribution >= 0.6 is 0 Å². The van der Waals surface area contributed by atoms with Gasteiger partial charge in [-0.25, -0.2) is 0 Å². The Morgan fingerprint density at radius 3 is 2.52 bits per heavy atom. The summed E-state index contributed by atoms with van der Waals surface area (Å²) in [5.74, 6) is 0. The summed E-state index contributed by atoms with van der Waals surface area (Å²) in [5, 5.41) is 0. The van der Waals surface area contributed by atoms with Crippen molar-refractivity contribution >= 4 is 5.69 Å². The van der Waals surface area contributed by atoms with Gasteiger partial charge in [0.15, 0.2) is 0 Å². The van der Waals surface area contributed by atoms with E-state index in [9.17, 15) is 0 Å². The monoisotopic (exact) mass is 287 g/mol. The molecule has 116 valence electrons. The highest BCUT2D eigenvalue weighted by Crippen LogP contribution is 2.27. The van der Waals surface area contributed by atoms with E-state index >= 15 is 0 Å². The lowest BCUT2D eigenvalue weighted by Gasteiger charge is -2.43. The number of hydrogen-bond donors (Lipinski definition) is 1. The van der Waals surface area contributed by atoms with Crippen molar-refractivity contribution in [3.8, 4) is 0 Å². The zero-order valence-corrected chi connectivity index (χ0v) is 13.5. The second-order valence-electron chi connectivity index (χ2n) is 6.82. The molecule has 1 aromatic rings. The van der Waals surface area contributed by atoms with Crippen LogP contribution in [0.4, 0.5) is 5.69 Å². The van der Waals surface area contributed by atoms with E-state index in [4.69, 9.17) is 5.73 Å². The van der Waals surface area contributed by atoms with Gasteiger partial charge in [-0.15, -0.1) is 0 Å². The van der Waals surface area contributed by atoms with Crippen molar-refractivity contribution < 1.29 is 0 Å². The van der Waals surface area contributed by atoms with Gasteiger partial charge in [0.25, 0.3) is 0 Å². The van der Waals surface area contributed by atoms with Gasteiger partial charge in [0, 0.05) is 44.0 Å². The predicted molar refractivity (Wildman–Crippen MR) is 89.9 cm³/mol. The van der Waals surface area contributed by atoms with Crippen LogP contribution < -0.4 is 10.6 Å². The van der Waals surface area contributed by atoms with Crippen molar-refractivity contribution in [1.29, 1.82) is 0 Å². The second kappa shape index (κ2) is 6.37. The average Bonchev–Trinajstić information content (AvgIpc) is 2.50. The quantitative estimate of drug-likeness (QED) is 0.908. The number of benzene rings is 1. The predicted octanol–water partition coefficient (Wildman–Crippen LogP) is 2.70. The first-order valence-corrected chi connectivity index (χ1v) is 8.46. The molecule has 0 spiro atoms. The van der Waals surface area contributed by atoms with Crippen LogP contribution in [0.3, 0.4) is 0 Å². The Bertz CT molecular complexity index is 477. The topological polar surface area (TPSA) is 32.5 Å². The number of aryl methyl sites for hydroxylation is 1. The number of nitrogens with two attached hydrogens (primary N) is 1. The van der Waals surface area contributed by atoms with Gasteiger partial charge in [-0.05, 0) is 50.3 Å². The van der Waals surface area contributed by atoms with Crippen LogP contribution in [0.15, 0.2) is 18.2 Å². The first-order valence-electron chi connectivity index (χ1n) is 8.46. The molecule has 1 aliphatic heterocycles. The van der Waals surface area contributed by atoms with Crippen molar-refractivity contribution in [2.45, 2.75) is 51.6 Å². The van der Waals surface area contributed by atoms with E-state index in [2.05, 4.69) is 41.8 Å². The molecule has 1 saturated carbocycles. The Morgan fingerprint density at radius 1 is 1.05 bits per heavy atom. The van der Waals surface area contributed by atoms with E-state index in [1.54, 1.807) is 0 Å². The minimum absolute atomic E-state index is 0.431. The minimum atomic E-state index is 0.431. The van der Waals surface area contributed by atoms with Gasteiger partial charge < -0.3 is 10.6 Å². The number of anilines is 1. The zero-order chi connectivity index (χ0) is 14.8. The summed E-state index contributed by atoms with van der Waals surface area (Å²) in [6.07, 6.45) is 5.07. The minimum Gasteiger partial charge on any atom is -0.369 e. The maximum Gasteiger partial charge on any atom is 0.0399 e. The van der Waals surface area contributed by atoms with Crippen LogP contribution in [0, 0.1) is 13.8 Å². The summed E-state index contributed by atoms with van der Waals surface area (Å²) in [6.45, 7) is 9.12. The molecule has 0 radical (unpaired) electrons. The third-order valence-corrected chi connectivity index (χ3v) is 5.43. The lowest BCUT2D eigenvalue weighted by molar-refractivity contribution is 0.140. The normalized spacial score (nSPS) is 27.9. The van der Waals surface area contributed by atoms with Gasteiger partial charge in [0.2, 0.25) is 0 Å². The van der Waals surface area contributed by atoms with E-state index in [-0.39, 0.29) is 0 Å². The molecule has 1 aromatic carbocycles. The molecule has 2 atom stereocenters.